The lowest BCUT2D eigenvalue weighted by Gasteiger charge is -2.16. The molecule has 0 radical (unpaired) electrons. The summed E-state index contributed by atoms with van der Waals surface area (Å²) in [5.41, 5.74) is 1.65. The van der Waals surface area contributed by atoms with Gasteiger partial charge in [-0.25, -0.2) is 4.39 Å². The first-order valence-corrected chi connectivity index (χ1v) is 9.10. The van der Waals surface area contributed by atoms with Crippen LogP contribution in [0.15, 0.2) is 72.8 Å². The first kappa shape index (κ1) is 21.1. The quantitative estimate of drug-likeness (QED) is 0.632. The minimum absolute atomic E-state index is 0.270. The zero-order chi connectivity index (χ0) is 20.2. The van der Waals surface area contributed by atoms with Crippen molar-refractivity contribution in [3.63, 3.8) is 0 Å². The number of methoxy groups -OCH3 is 1. The maximum Gasteiger partial charge on any atom is 0.146 e. The van der Waals surface area contributed by atoms with Crippen LogP contribution < -0.4 is 14.8 Å². The van der Waals surface area contributed by atoms with Crippen LogP contribution >= 0.6 is 0 Å². The SMILES string of the molecule is CNc1cc(OC)ccc1F.Oc1ccc2c(c1)OCCC2.c1ccccc1. The summed E-state index contributed by atoms with van der Waals surface area (Å²) >= 11 is 0. The van der Waals surface area contributed by atoms with Gasteiger partial charge in [-0.1, -0.05) is 42.5 Å². The third kappa shape index (κ3) is 6.83. The standard InChI is InChI=1S/C9H10O2.C8H10FNO.C6H6/c10-8-4-3-7-2-1-5-11-9(7)6-8;1-10-8-5-6(11-2)3-4-7(8)9;1-2-4-6-5-3-1/h3-4,6,10H,1-2,5H2;3-5,10H,1-2H3;1-6H. The number of anilines is 1. The molecule has 0 atom stereocenters. The van der Waals surface area contributed by atoms with Crippen LogP contribution in [0.25, 0.3) is 0 Å². The third-order valence-corrected chi connectivity index (χ3v) is 4.01. The number of fused-ring (bicyclic) bond motifs is 1. The van der Waals surface area contributed by atoms with Crippen molar-refractivity contribution in [2.75, 3.05) is 26.1 Å². The van der Waals surface area contributed by atoms with Gasteiger partial charge in [-0.3, -0.25) is 0 Å². The van der Waals surface area contributed by atoms with E-state index in [1.807, 2.05) is 42.5 Å². The molecule has 0 saturated heterocycles. The Balaban J connectivity index is 0.000000157. The number of aromatic hydroxyl groups is 1. The number of benzene rings is 3. The zero-order valence-electron chi connectivity index (χ0n) is 16.2. The number of ether oxygens (including phenoxy) is 2. The lowest BCUT2D eigenvalue weighted by molar-refractivity contribution is 0.286. The van der Waals surface area contributed by atoms with Gasteiger partial charge in [0, 0.05) is 19.2 Å². The van der Waals surface area contributed by atoms with Crippen LogP contribution in [0.5, 0.6) is 17.2 Å². The number of phenols is 1. The van der Waals surface area contributed by atoms with E-state index in [1.165, 1.54) is 11.6 Å². The number of rotatable bonds is 2. The van der Waals surface area contributed by atoms with Crippen molar-refractivity contribution in [3.8, 4) is 17.2 Å². The fraction of sp³-hybridized carbons (Fsp3) is 0.217. The van der Waals surface area contributed by atoms with Gasteiger partial charge in [0.25, 0.3) is 0 Å². The lowest BCUT2D eigenvalue weighted by atomic mass is 10.1. The fourth-order valence-corrected chi connectivity index (χ4v) is 2.54. The van der Waals surface area contributed by atoms with Crippen LogP contribution in [-0.2, 0) is 6.42 Å². The second-order valence-electron chi connectivity index (χ2n) is 5.99. The molecule has 0 spiro atoms. The molecule has 0 bridgehead atoms. The highest BCUT2D eigenvalue weighted by Crippen LogP contribution is 2.28. The molecule has 0 amide bonds. The first-order valence-electron chi connectivity index (χ1n) is 9.10. The van der Waals surface area contributed by atoms with Crippen LogP contribution in [0.2, 0.25) is 0 Å². The number of nitrogens with one attached hydrogen (secondary N) is 1. The van der Waals surface area contributed by atoms with Gasteiger partial charge in [0.2, 0.25) is 0 Å². The molecule has 1 aliphatic rings. The number of hydrogen-bond acceptors (Lipinski definition) is 4. The normalized spacial score (nSPS) is 11.4. The van der Waals surface area contributed by atoms with Crippen molar-refractivity contribution in [1.29, 1.82) is 0 Å². The van der Waals surface area contributed by atoms with Crippen molar-refractivity contribution in [2.45, 2.75) is 12.8 Å². The average Bonchev–Trinajstić information content (AvgIpc) is 2.76. The highest BCUT2D eigenvalue weighted by Gasteiger charge is 2.09. The van der Waals surface area contributed by atoms with Crippen LogP contribution in [0, 0.1) is 5.82 Å². The van der Waals surface area contributed by atoms with Crippen LogP contribution in [0.1, 0.15) is 12.0 Å². The van der Waals surface area contributed by atoms with Gasteiger partial charge in [0.05, 0.1) is 19.4 Å². The van der Waals surface area contributed by atoms with Gasteiger partial charge in [-0.05, 0) is 36.6 Å². The monoisotopic (exact) mass is 383 g/mol. The summed E-state index contributed by atoms with van der Waals surface area (Å²) in [6.07, 6.45) is 2.15. The zero-order valence-corrected chi connectivity index (χ0v) is 16.2. The van der Waals surface area contributed by atoms with E-state index < -0.39 is 0 Å². The van der Waals surface area contributed by atoms with Crippen molar-refractivity contribution >= 4 is 5.69 Å². The maximum atomic E-state index is 12.8. The highest BCUT2D eigenvalue weighted by molar-refractivity contribution is 5.48. The number of aryl methyl sites for hydroxylation is 1. The highest BCUT2D eigenvalue weighted by atomic mass is 19.1. The summed E-state index contributed by atoms with van der Waals surface area (Å²) in [6, 6.07) is 21.8. The van der Waals surface area contributed by atoms with E-state index in [1.54, 1.807) is 38.4 Å². The van der Waals surface area contributed by atoms with Gasteiger partial charge in [-0.15, -0.1) is 0 Å². The smallest absolute Gasteiger partial charge is 0.146 e. The number of hydrogen-bond donors (Lipinski definition) is 2. The number of phenolic OH excluding ortho intramolecular Hbond substituents is 1. The Kier molecular flexibility index (Phi) is 8.66. The summed E-state index contributed by atoms with van der Waals surface area (Å²) < 4.78 is 23.0. The largest absolute Gasteiger partial charge is 0.508 e. The van der Waals surface area contributed by atoms with E-state index in [2.05, 4.69) is 5.32 Å². The van der Waals surface area contributed by atoms with Gasteiger partial charge in [0.1, 0.15) is 23.1 Å². The Bertz CT molecular complexity index is 814. The summed E-state index contributed by atoms with van der Waals surface area (Å²) in [6.45, 7) is 0.774. The second kappa shape index (κ2) is 11.5. The lowest BCUT2D eigenvalue weighted by Crippen LogP contribution is -2.07. The Labute approximate surface area is 165 Å². The molecule has 1 aliphatic heterocycles. The molecule has 0 fully saturated rings. The summed E-state index contributed by atoms with van der Waals surface area (Å²) in [4.78, 5) is 0. The minimum Gasteiger partial charge on any atom is -0.508 e. The number of halogens is 1. The molecule has 0 unspecified atom stereocenters. The molecular formula is C23H26FNO3. The summed E-state index contributed by atoms with van der Waals surface area (Å²) in [7, 11) is 3.21. The van der Waals surface area contributed by atoms with Crippen molar-refractivity contribution in [1.82, 2.24) is 0 Å². The van der Waals surface area contributed by atoms with Crippen molar-refractivity contribution in [2.24, 2.45) is 0 Å². The average molecular weight is 383 g/mol. The minimum atomic E-state index is -0.270. The topological polar surface area (TPSA) is 50.7 Å². The van der Waals surface area contributed by atoms with Gasteiger partial charge in [-0.2, -0.15) is 0 Å². The molecule has 4 rings (SSSR count). The second-order valence-corrected chi connectivity index (χ2v) is 5.99. The van der Waals surface area contributed by atoms with Crippen molar-refractivity contribution in [3.05, 3.63) is 84.2 Å². The molecule has 148 valence electrons. The van der Waals surface area contributed by atoms with E-state index in [4.69, 9.17) is 14.6 Å². The Morgan fingerprint density at radius 2 is 1.68 bits per heavy atom. The van der Waals surface area contributed by atoms with Gasteiger partial charge in [0.15, 0.2) is 0 Å². The molecule has 1 heterocycles. The predicted molar refractivity (Wildman–Crippen MR) is 111 cm³/mol. The Hall–Kier alpha value is -3.21. The molecule has 28 heavy (non-hydrogen) atoms. The Morgan fingerprint density at radius 3 is 2.29 bits per heavy atom. The molecular weight excluding hydrogens is 357 g/mol. The maximum absolute atomic E-state index is 12.8. The summed E-state index contributed by atoms with van der Waals surface area (Å²) in [5, 5.41) is 11.8. The first-order chi connectivity index (χ1) is 13.6. The molecule has 3 aromatic carbocycles. The van der Waals surface area contributed by atoms with Gasteiger partial charge < -0.3 is 19.9 Å². The van der Waals surface area contributed by atoms with Crippen LogP contribution in [-0.4, -0.2) is 25.9 Å². The van der Waals surface area contributed by atoms with Crippen LogP contribution in [0.4, 0.5) is 10.1 Å². The molecule has 0 aliphatic carbocycles. The van der Waals surface area contributed by atoms with E-state index in [9.17, 15) is 4.39 Å². The molecule has 5 heteroatoms. The van der Waals surface area contributed by atoms with E-state index in [0.29, 0.717) is 11.4 Å². The predicted octanol–water partition coefficient (Wildman–Crippen LogP) is 5.28. The molecule has 2 N–H and O–H groups in total. The van der Waals surface area contributed by atoms with Gasteiger partial charge >= 0.3 is 0 Å². The molecule has 0 saturated carbocycles. The molecule has 3 aromatic rings. The Morgan fingerprint density at radius 1 is 1.00 bits per heavy atom. The summed E-state index contributed by atoms with van der Waals surface area (Å²) in [5.74, 6) is 1.51. The molecule has 0 aromatic heterocycles. The van der Waals surface area contributed by atoms with E-state index >= 15 is 0 Å². The van der Waals surface area contributed by atoms with Crippen molar-refractivity contribution < 1.29 is 19.0 Å². The van der Waals surface area contributed by atoms with Crippen LogP contribution in [0.3, 0.4) is 0 Å². The molecule has 4 nitrogen and oxygen atoms in total. The van der Waals surface area contributed by atoms with E-state index in [0.717, 1.165) is 25.2 Å². The fourth-order valence-electron chi connectivity index (χ4n) is 2.54. The third-order valence-electron chi connectivity index (χ3n) is 4.01. The van der Waals surface area contributed by atoms with E-state index in [-0.39, 0.29) is 11.6 Å².